The summed E-state index contributed by atoms with van der Waals surface area (Å²) in [6.45, 7) is 7.83. The van der Waals surface area contributed by atoms with Crippen molar-refractivity contribution in [3.05, 3.63) is 69.9 Å². The molecule has 0 aliphatic carbocycles. The molecule has 5 heteroatoms. The topological polar surface area (TPSA) is 63.8 Å². The number of aliphatic imine (C=N–C) groups is 1. The summed E-state index contributed by atoms with van der Waals surface area (Å²) < 4.78 is 6.90. The molecule has 1 aliphatic heterocycles. The average Bonchev–Trinajstić information content (AvgIpc) is 3.04. The van der Waals surface area contributed by atoms with Crippen molar-refractivity contribution in [3.8, 4) is 5.69 Å². The van der Waals surface area contributed by atoms with Crippen molar-refractivity contribution in [3.63, 3.8) is 0 Å². The number of para-hydroxylation sites is 1. The third kappa shape index (κ3) is 2.86. The summed E-state index contributed by atoms with van der Waals surface area (Å²) in [7, 11) is 1.29. The van der Waals surface area contributed by atoms with Crippen LogP contribution in [-0.4, -0.2) is 28.5 Å². The maximum Gasteiger partial charge on any atom is 0.343 e. The van der Waals surface area contributed by atoms with E-state index in [2.05, 4.69) is 28.6 Å². The van der Waals surface area contributed by atoms with E-state index in [9.17, 15) is 9.90 Å². The number of aliphatic hydroxyl groups excluding tert-OH is 1. The van der Waals surface area contributed by atoms with Gasteiger partial charge in [-0.1, -0.05) is 18.2 Å². The number of aliphatic hydroxyl groups is 1. The van der Waals surface area contributed by atoms with Crippen molar-refractivity contribution in [1.82, 2.24) is 4.57 Å². The van der Waals surface area contributed by atoms with E-state index < -0.39 is 5.97 Å². The normalized spacial score (nSPS) is 15.6. The summed E-state index contributed by atoms with van der Waals surface area (Å²) in [5.74, 6) is -0.729. The van der Waals surface area contributed by atoms with Crippen LogP contribution in [0.3, 0.4) is 0 Å². The Morgan fingerprint density at radius 1 is 1.19 bits per heavy atom. The smallest absolute Gasteiger partial charge is 0.343 e. The van der Waals surface area contributed by atoms with Crippen molar-refractivity contribution in [1.29, 1.82) is 0 Å². The van der Waals surface area contributed by atoms with Gasteiger partial charge in [0.05, 0.1) is 12.8 Å². The highest BCUT2D eigenvalue weighted by Crippen LogP contribution is 2.29. The maximum absolute atomic E-state index is 11.8. The van der Waals surface area contributed by atoms with Crippen LogP contribution in [0.4, 0.5) is 0 Å². The molecule has 0 bridgehead atoms. The Kier molecular flexibility index (Phi) is 4.55. The lowest BCUT2D eigenvalue weighted by molar-refractivity contribution is -0.135. The van der Waals surface area contributed by atoms with Gasteiger partial charge in [-0.3, -0.25) is 0 Å². The number of nitrogens with zero attached hydrogens (tertiary/aromatic N) is 2. The van der Waals surface area contributed by atoms with Gasteiger partial charge in [0, 0.05) is 17.1 Å². The Morgan fingerprint density at radius 2 is 1.88 bits per heavy atom. The fourth-order valence-electron chi connectivity index (χ4n) is 3.30. The zero-order valence-electron chi connectivity index (χ0n) is 15.6. The number of carbonyl (C=O) groups excluding carboxylic acids is 1. The molecule has 0 spiro atoms. The molecule has 26 heavy (non-hydrogen) atoms. The lowest BCUT2D eigenvalue weighted by Crippen LogP contribution is -2.11. The highest BCUT2D eigenvalue weighted by atomic mass is 16.5. The second kappa shape index (κ2) is 6.67. The molecule has 3 rings (SSSR count). The maximum atomic E-state index is 11.8. The molecule has 0 atom stereocenters. The Hall–Kier alpha value is -3.08. The number of methoxy groups -OCH3 is 1. The highest BCUT2D eigenvalue weighted by Gasteiger charge is 2.27. The number of hydrogen-bond donors (Lipinski definition) is 1. The summed E-state index contributed by atoms with van der Waals surface area (Å²) >= 11 is 0. The molecule has 0 fully saturated rings. The van der Waals surface area contributed by atoms with Crippen molar-refractivity contribution in [2.24, 2.45) is 4.99 Å². The molecule has 1 N–H and O–H groups in total. The van der Waals surface area contributed by atoms with Crippen LogP contribution in [0.2, 0.25) is 0 Å². The first kappa shape index (κ1) is 17.7. The van der Waals surface area contributed by atoms with Crippen LogP contribution < -0.4 is 0 Å². The highest BCUT2D eigenvalue weighted by molar-refractivity contribution is 6.22. The first-order valence-corrected chi connectivity index (χ1v) is 8.39. The van der Waals surface area contributed by atoms with Gasteiger partial charge in [0.2, 0.25) is 0 Å². The second-order valence-corrected chi connectivity index (χ2v) is 6.39. The second-order valence-electron chi connectivity index (χ2n) is 6.39. The third-order valence-corrected chi connectivity index (χ3v) is 4.64. The first-order valence-electron chi connectivity index (χ1n) is 8.39. The summed E-state index contributed by atoms with van der Waals surface area (Å²) in [6, 6.07) is 10.2. The number of ether oxygens (including phenoxy) is 1. The molecule has 2 aromatic rings. The Bertz CT molecular complexity index is 991. The number of aromatic nitrogens is 1. The molecular formula is C21H22N2O3. The van der Waals surface area contributed by atoms with Gasteiger partial charge in [0.1, 0.15) is 11.3 Å². The molecule has 1 aromatic heterocycles. The van der Waals surface area contributed by atoms with E-state index >= 15 is 0 Å². The van der Waals surface area contributed by atoms with Crippen molar-refractivity contribution < 1.29 is 14.6 Å². The van der Waals surface area contributed by atoms with E-state index in [1.165, 1.54) is 12.7 Å². The quantitative estimate of drug-likeness (QED) is 0.844. The van der Waals surface area contributed by atoms with Crippen molar-refractivity contribution in [2.45, 2.75) is 27.7 Å². The van der Waals surface area contributed by atoms with Crippen LogP contribution in [0.15, 0.2) is 52.4 Å². The lowest BCUT2D eigenvalue weighted by atomic mass is 10.1. The van der Waals surface area contributed by atoms with Crippen LogP contribution in [0.1, 0.15) is 29.4 Å². The first-order chi connectivity index (χ1) is 12.3. The fourth-order valence-corrected chi connectivity index (χ4v) is 3.30. The van der Waals surface area contributed by atoms with Crippen molar-refractivity contribution in [2.75, 3.05) is 7.11 Å². The zero-order chi connectivity index (χ0) is 19.0. The van der Waals surface area contributed by atoms with Gasteiger partial charge in [-0.25, -0.2) is 9.79 Å². The molecule has 1 aromatic carbocycles. The minimum Gasteiger partial charge on any atom is -0.505 e. The number of aryl methyl sites for hydroxylation is 2. The number of rotatable bonds is 3. The van der Waals surface area contributed by atoms with Gasteiger partial charge in [-0.15, -0.1) is 0 Å². The van der Waals surface area contributed by atoms with E-state index in [1.807, 2.05) is 32.0 Å². The minimum absolute atomic E-state index is 0.117. The van der Waals surface area contributed by atoms with E-state index in [4.69, 9.17) is 4.74 Å². The van der Waals surface area contributed by atoms with Crippen LogP contribution >= 0.6 is 0 Å². The van der Waals surface area contributed by atoms with E-state index in [0.717, 1.165) is 22.6 Å². The third-order valence-electron chi connectivity index (χ3n) is 4.64. The van der Waals surface area contributed by atoms with Gasteiger partial charge in [0.25, 0.3) is 0 Å². The van der Waals surface area contributed by atoms with Gasteiger partial charge < -0.3 is 14.4 Å². The minimum atomic E-state index is -0.586. The summed E-state index contributed by atoms with van der Waals surface area (Å²) in [5, 5.41) is 10.4. The van der Waals surface area contributed by atoms with Crippen molar-refractivity contribution >= 4 is 17.8 Å². The Morgan fingerprint density at radius 3 is 2.54 bits per heavy atom. The predicted octanol–water partition coefficient (Wildman–Crippen LogP) is 4.20. The van der Waals surface area contributed by atoms with Crippen LogP contribution in [0.5, 0.6) is 0 Å². The largest absolute Gasteiger partial charge is 0.505 e. The number of esters is 1. The zero-order valence-corrected chi connectivity index (χ0v) is 15.6. The van der Waals surface area contributed by atoms with E-state index in [1.54, 1.807) is 13.0 Å². The van der Waals surface area contributed by atoms with Gasteiger partial charge in [-0.2, -0.15) is 0 Å². The molecule has 1 aliphatic rings. The number of carbonyl (C=O) groups is 1. The van der Waals surface area contributed by atoms with Gasteiger partial charge >= 0.3 is 5.97 Å². The van der Waals surface area contributed by atoms with E-state index in [0.29, 0.717) is 11.4 Å². The molecule has 0 unspecified atom stereocenters. The molecular weight excluding hydrogens is 328 g/mol. The average molecular weight is 350 g/mol. The fraction of sp³-hybridized carbons (Fsp3) is 0.238. The molecule has 2 heterocycles. The predicted molar refractivity (Wildman–Crippen MR) is 103 cm³/mol. The monoisotopic (exact) mass is 350 g/mol. The molecule has 0 saturated carbocycles. The molecule has 0 amide bonds. The van der Waals surface area contributed by atoms with E-state index in [-0.39, 0.29) is 11.3 Å². The SMILES string of the molecule is COC(=O)C1=C(O)/C(=C\c2cc(C)n(-c3ccccc3C)c2C)N=C1C. The molecule has 5 nitrogen and oxygen atoms in total. The van der Waals surface area contributed by atoms with Gasteiger partial charge in [-0.05, 0) is 57.0 Å². The number of benzene rings is 1. The summed E-state index contributed by atoms with van der Waals surface area (Å²) in [6.07, 6.45) is 1.80. The van der Waals surface area contributed by atoms with Gasteiger partial charge in [0.15, 0.2) is 5.76 Å². The summed E-state index contributed by atoms with van der Waals surface area (Å²) in [5.41, 5.74) is 6.30. The molecule has 0 saturated heterocycles. The standard InChI is InChI=1S/C21H22N2O3/c1-12-8-6-7-9-18(12)23-13(2)10-16(15(23)4)11-17-20(24)19(14(3)22-17)21(25)26-5/h6-11,24H,1-5H3/b17-11+. The molecule has 0 radical (unpaired) electrons. The van der Waals surface area contributed by atoms with Crippen LogP contribution in [-0.2, 0) is 9.53 Å². The number of hydrogen-bond acceptors (Lipinski definition) is 4. The molecule has 134 valence electrons. The Labute approximate surface area is 153 Å². The van der Waals surface area contributed by atoms with Crippen LogP contribution in [0, 0.1) is 20.8 Å². The lowest BCUT2D eigenvalue weighted by Gasteiger charge is -2.12. The Balaban J connectivity index is 2.10. The van der Waals surface area contributed by atoms with Crippen LogP contribution in [0.25, 0.3) is 11.8 Å². The summed E-state index contributed by atoms with van der Waals surface area (Å²) in [4.78, 5) is 16.2.